The van der Waals surface area contributed by atoms with Crippen LogP contribution in [0.25, 0.3) is 0 Å². The number of carbonyl (C=O) groups is 2. The monoisotopic (exact) mass is 330 g/mol. The molecule has 1 aliphatic heterocycles. The van der Waals surface area contributed by atoms with E-state index in [0.29, 0.717) is 17.3 Å². The van der Waals surface area contributed by atoms with Crippen molar-refractivity contribution in [3.8, 4) is 0 Å². The molecule has 2 amide bonds. The topological polar surface area (TPSA) is 49.4 Å². The van der Waals surface area contributed by atoms with Gasteiger partial charge >= 0.3 is 0 Å². The average molecular weight is 332 g/mol. The van der Waals surface area contributed by atoms with Crippen molar-refractivity contribution in [3.05, 3.63) is 27.7 Å². The SMILES string of the molecule is CC1NC(=O)CCN(c2cc(Cl)ccc2Br)C1=O. The molecule has 1 aliphatic rings. The number of hydrogen-bond acceptors (Lipinski definition) is 2. The molecule has 0 saturated carbocycles. The van der Waals surface area contributed by atoms with Crippen LogP contribution >= 0.6 is 27.5 Å². The molecule has 0 bridgehead atoms. The third kappa shape index (κ3) is 2.67. The predicted molar refractivity (Wildman–Crippen MR) is 73.7 cm³/mol. The van der Waals surface area contributed by atoms with Crippen LogP contribution in [0.4, 0.5) is 5.69 Å². The standard InChI is InChI=1S/C12H12BrClN2O2/c1-7-12(18)16(5-4-11(17)15-7)10-6-8(14)2-3-9(10)13/h2-3,6-7H,4-5H2,1H3,(H,15,17). The lowest BCUT2D eigenvalue weighted by molar-refractivity contribution is -0.125. The van der Waals surface area contributed by atoms with Gasteiger partial charge in [0.15, 0.2) is 0 Å². The normalized spacial score (nSPS) is 20.6. The Balaban J connectivity index is 2.38. The molecule has 1 aromatic rings. The minimum Gasteiger partial charge on any atom is -0.345 e. The highest BCUT2D eigenvalue weighted by Gasteiger charge is 2.28. The molecule has 96 valence electrons. The fraction of sp³-hybridized carbons (Fsp3) is 0.333. The summed E-state index contributed by atoms with van der Waals surface area (Å²) in [7, 11) is 0. The van der Waals surface area contributed by atoms with E-state index >= 15 is 0 Å². The molecule has 1 unspecified atom stereocenters. The van der Waals surface area contributed by atoms with Crippen molar-refractivity contribution in [2.75, 3.05) is 11.4 Å². The summed E-state index contributed by atoms with van der Waals surface area (Å²) in [6.07, 6.45) is 0.287. The van der Waals surface area contributed by atoms with Crippen molar-refractivity contribution in [2.45, 2.75) is 19.4 Å². The first-order valence-corrected chi connectivity index (χ1v) is 6.72. The zero-order valence-electron chi connectivity index (χ0n) is 9.74. The Kier molecular flexibility index (Phi) is 3.92. The molecule has 1 N–H and O–H groups in total. The van der Waals surface area contributed by atoms with Crippen LogP contribution in [0, 0.1) is 0 Å². The lowest BCUT2D eigenvalue weighted by Crippen LogP contribution is -2.42. The molecule has 1 saturated heterocycles. The van der Waals surface area contributed by atoms with Gasteiger partial charge in [0.05, 0.1) is 5.69 Å². The summed E-state index contributed by atoms with van der Waals surface area (Å²) in [6.45, 7) is 2.03. The Hall–Kier alpha value is -1.07. The van der Waals surface area contributed by atoms with E-state index in [1.807, 2.05) is 0 Å². The number of rotatable bonds is 1. The summed E-state index contributed by atoms with van der Waals surface area (Å²) in [5.74, 6) is -0.250. The van der Waals surface area contributed by atoms with Gasteiger partial charge in [-0.15, -0.1) is 0 Å². The van der Waals surface area contributed by atoms with E-state index in [4.69, 9.17) is 11.6 Å². The van der Waals surface area contributed by atoms with Crippen LogP contribution in [0.15, 0.2) is 22.7 Å². The maximum absolute atomic E-state index is 12.2. The maximum atomic E-state index is 12.2. The van der Waals surface area contributed by atoms with Crippen molar-refractivity contribution in [1.82, 2.24) is 5.32 Å². The number of hydrogen-bond donors (Lipinski definition) is 1. The Morgan fingerprint density at radius 2 is 2.17 bits per heavy atom. The Labute approximate surface area is 118 Å². The zero-order valence-corrected chi connectivity index (χ0v) is 12.1. The van der Waals surface area contributed by atoms with Crippen LogP contribution in [0.3, 0.4) is 0 Å². The fourth-order valence-corrected chi connectivity index (χ4v) is 2.49. The molecular weight excluding hydrogens is 320 g/mol. The smallest absolute Gasteiger partial charge is 0.249 e. The molecule has 1 atom stereocenters. The highest BCUT2D eigenvalue weighted by molar-refractivity contribution is 9.10. The quantitative estimate of drug-likeness (QED) is 0.859. The van der Waals surface area contributed by atoms with Gasteiger partial charge in [-0.25, -0.2) is 0 Å². The van der Waals surface area contributed by atoms with Gasteiger partial charge in [0.25, 0.3) is 0 Å². The van der Waals surface area contributed by atoms with E-state index in [2.05, 4.69) is 21.2 Å². The Morgan fingerprint density at radius 3 is 2.89 bits per heavy atom. The van der Waals surface area contributed by atoms with Crippen molar-refractivity contribution < 1.29 is 9.59 Å². The number of nitrogens with zero attached hydrogens (tertiary/aromatic N) is 1. The summed E-state index contributed by atoms with van der Waals surface area (Å²) in [6, 6.07) is 4.72. The summed E-state index contributed by atoms with van der Waals surface area (Å²) < 4.78 is 0.779. The van der Waals surface area contributed by atoms with E-state index in [9.17, 15) is 9.59 Å². The molecule has 0 aliphatic carbocycles. The number of benzene rings is 1. The van der Waals surface area contributed by atoms with Gasteiger partial charge in [-0.2, -0.15) is 0 Å². The van der Waals surface area contributed by atoms with E-state index < -0.39 is 6.04 Å². The molecule has 18 heavy (non-hydrogen) atoms. The maximum Gasteiger partial charge on any atom is 0.249 e. The molecule has 1 aromatic carbocycles. The summed E-state index contributed by atoms with van der Waals surface area (Å²) in [4.78, 5) is 25.2. The third-order valence-electron chi connectivity index (χ3n) is 2.78. The number of carbonyl (C=O) groups excluding carboxylic acids is 2. The van der Waals surface area contributed by atoms with Crippen LogP contribution in [0.2, 0.25) is 5.02 Å². The largest absolute Gasteiger partial charge is 0.345 e. The fourth-order valence-electron chi connectivity index (χ4n) is 1.86. The average Bonchev–Trinajstić information content (AvgIpc) is 2.44. The van der Waals surface area contributed by atoms with Crippen LogP contribution in [0.5, 0.6) is 0 Å². The molecule has 0 radical (unpaired) electrons. The van der Waals surface area contributed by atoms with Gasteiger partial charge < -0.3 is 10.2 Å². The van der Waals surface area contributed by atoms with Crippen molar-refractivity contribution in [3.63, 3.8) is 0 Å². The van der Waals surface area contributed by atoms with Crippen LogP contribution in [0.1, 0.15) is 13.3 Å². The Bertz CT molecular complexity index is 507. The summed E-state index contributed by atoms with van der Waals surface area (Å²) in [5.41, 5.74) is 0.691. The number of halogens is 2. The van der Waals surface area contributed by atoms with Crippen molar-refractivity contribution in [2.24, 2.45) is 0 Å². The first kappa shape index (κ1) is 13.4. The van der Waals surface area contributed by atoms with Crippen LogP contribution < -0.4 is 10.2 Å². The third-order valence-corrected chi connectivity index (χ3v) is 3.68. The number of anilines is 1. The molecule has 1 fully saturated rings. The lowest BCUT2D eigenvalue weighted by Gasteiger charge is -2.23. The molecule has 6 heteroatoms. The summed E-state index contributed by atoms with van der Waals surface area (Å²) in [5, 5.41) is 3.20. The van der Waals surface area contributed by atoms with Crippen LogP contribution in [-0.4, -0.2) is 24.4 Å². The van der Waals surface area contributed by atoms with Crippen molar-refractivity contribution >= 4 is 45.0 Å². The van der Waals surface area contributed by atoms with E-state index in [1.165, 1.54) is 0 Å². The minimum atomic E-state index is -0.522. The highest BCUT2D eigenvalue weighted by Crippen LogP contribution is 2.30. The van der Waals surface area contributed by atoms with Gasteiger partial charge in [-0.1, -0.05) is 11.6 Å². The second-order valence-electron chi connectivity index (χ2n) is 4.12. The molecule has 0 spiro atoms. The molecule has 1 heterocycles. The lowest BCUT2D eigenvalue weighted by atomic mass is 10.2. The second kappa shape index (κ2) is 5.28. The van der Waals surface area contributed by atoms with E-state index in [0.717, 1.165) is 4.47 Å². The van der Waals surface area contributed by atoms with Gasteiger partial charge in [0.1, 0.15) is 6.04 Å². The Morgan fingerprint density at radius 1 is 1.44 bits per heavy atom. The van der Waals surface area contributed by atoms with Gasteiger partial charge in [-0.3, -0.25) is 9.59 Å². The number of amides is 2. The minimum absolute atomic E-state index is 0.114. The van der Waals surface area contributed by atoms with E-state index in [1.54, 1.807) is 30.0 Å². The number of nitrogens with one attached hydrogen (secondary N) is 1. The second-order valence-corrected chi connectivity index (χ2v) is 5.42. The first-order chi connectivity index (χ1) is 8.49. The van der Waals surface area contributed by atoms with Gasteiger partial charge in [0, 0.05) is 22.5 Å². The molecule has 0 aromatic heterocycles. The van der Waals surface area contributed by atoms with Gasteiger partial charge in [0.2, 0.25) is 11.8 Å². The molecular formula is C12H12BrClN2O2. The highest BCUT2D eigenvalue weighted by atomic mass is 79.9. The summed E-state index contributed by atoms with van der Waals surface area (Å²) >= 11 is 9.34. The zero-order chi connectivity index (χ0) is 13.3. The molecule has 4 nitrogen and oxygen atoms in total. The predicted octanol–water partition coefficient (Wildman–Crippen LogP) is 2.34. The molecule has 2 rings (SSSR count). The van der Waals surface area contributed by atoms with Crippen LogP contribution in [-0.2, 0) is 9.59 Å². The van der Waals surface area contributed by atoms with Gasteiger partial charge in [-0.05, 0) is 41.1 Å². The first-order valence-electron chi connectivity index (χ1n) is 5.55. The van der Waals surface area contributed by atoms with Crippen molar-refractivity contribution in [1.29, 1.82) is 0 Å². The van der Waals surface area contributed by atoms with E-state index in [-0.39, 0.29) is 18.2 Å².